The lowest BCUT2D eigenvalue weighted by atomic mass is 9.94. The van der Waals surface area contributed by atoms with Crippen LogP contribution in [-0.4, -0.2) is 30.9 Å². The Kier molecular flexibility index (Phi) is 5.53. The molecule has 0 bridgehead atoms. The molecule has 0 radical (unpaired) electrons. The fraction of sp³-hybridized carbons (Fsp3) is 0.562. The highest BCUT2D eigenvalue weighted by Crippen LogP contribution is 2.31. The molecule has 1 amide bonds. The molecule has 0 saturated carbocycles. The molecular weight excluding hydrogens is 255 g/mol. The number of hydrogen-bond acceptors (Lipinski definition) is 2. The predicted molar refractivity (Wildman–Crippen MR) is 77.9 cm³/mol. The molecule has 1 unspecified atom stereocenters. The second-order valence-electron chi connectivity index (χ2n) is 5.36. The van der Waals surface area contributed by atoms with Crippen LogP contribution in [0.25, 0.3) is 0 Å². The van der Waals surface area contributed by atoms with E-state index in [1.54, 1.807) is 12.1 Å². The fourth-order valence-corrected chi connectivity index (χ4v) is 2.82. The molecule has 3 nitrogen and oxygen atoms in total. The minimum Gasteiger partial charge on any atom is -0.336 e. The van der Waals surface area contributed by atoms with Gasteiger partial charge >= 0.3 is 0 Å². The minimum absolute atomic E-state index is 0.117. The van der Waals surface area contributed by atoms with Crippen LogP contribution in [0, 0.1) is 5.82 Å². The molecule has 1 heterocycles. The van der Waals surface area contributed by atoms with Gasteiger partial charge in [-0.05, 0) is 57.0 Å². The van der Waals surface area contributed by atoms with E-state index in [0.29, 0.717) is 6.42 Å². The van der Waals surface area contributed by atoms with Gasteiger partial charge in [0.15, 0.2) is 0 Å². The molecule has 1 aliphatic heterocycles. The first-order valence-electron chi connectivity index (χ1n) is 7.42. The second-order valence-corrected chi connectivity index (χ2v) is 5.36. The third-order valence-electron chi connectivity index (χ3n) is 3.90. The Morgan fingerprint density at radius 3 is 2.80 bits per heavy atom. The number of carbonyl (C=O) groups is 1. The normalized spacial score (nSPS) is 19.1. The van der Waals surface area contributed by atoms with Gasteiger partial charge in [0.2, 0.25) is 5.91 Å². The Labute approximate surface area is 120 Å². The summed E-state index contributed by atoms with van der Waals surface area (Å²) in [4.78, 5) is 14.3. The van der Waals surface area contributed by atoms with Crippen molar-refractivity contribution in [1.82, 2.24) is 10.2 Å². The van der Waals surface area contributed by atoms with Crippen LogP contribution in [0.4, 0.5) is 4.39 Å². The van der Waals surface area contributed by atoms with Crippen molar-refractivity contribution < 1.29 is 9.18 Å². The molecule has 2 rings (SSSR count). The molecule has 1 saturated heterocycles. The second kappa shape index (κ2) is 7.39. The summed E-state index contributed by atoms with van der Waals surface area (Å²) in [5.41, 5.74) is 1.05. The molecule has 1 aromatic carbocycles. The lowest BCUT2D eigenvalue weighted by Gasteiger charge is -2.36. The van der Waals surface area contributed by atoms with Gasteiger partial charge in [0.25, 0.3) is 0 Å². The summed E-state index contributed by atoms with van der Waals surface area (Å²) in [5.74, 6) is -0.00858. The van der Waals surface area contributed by atoms with E-state index in [9.17, 15) is 9.18 Å². The number of carbonyl (C=O) groups excluding carboxylic acids is 1. The van der Waals surface area contributed by atoms with Gasteiger partial charge < -0.3 is 10.2 Å². The summed E-state index contributed by atoms with van der Waals surface area (Å²) in [5, 5.41) is 3.06. The number of halogens is 1. The number of piperidine rings is 1. The third kappa shape index (κ3) is 3.79. The SMILES string of the molecule is CNCCCC(=O)N1CCCCC1c1ccc(F)cc1. The quantitative estimate of drug-likeness (QED) is 0.840. The highest BCUT2D eigenvalue weighted by molar-refractivity contribution is 5.76. The van der Waals surface area contributed by atoms with E-state index in [-0.39, 0.29) is 17.8 Å². The first-order chi connectivity index (χ1) is 9.72. The van der Waals surface area contributed by atoms with E-state index in [4.69, 9.17) is 0 Å². The zero-order valence-electron chi connectivity index (χ0n) is 12.1. The molecule has 1 fully saturated rings. The van der Waals surface area contributed by atoms with Crippen molar-refractivity contribution in [1.29, 1.82) is 0 Å². The Bertz CT molecular complexity index is 433. The van der Waals surface area contributed by atoms with Crippen LogP contribution in [0.5, 0.6) is 0 Å². The average molecular weight is 278 g/mol. The highest BCUT2D eigenvalue weighted by Gasteiger charge is 2.27. The Balaban J connectivity index is 2.04. The van der Waals surface area contributed by atoms with Crippen LogP contribution < -0.4 is 5.32 Å². The molecule has 20 heavy (non-hydrogen) atoms. The predicted octanol–water partition coefficient (Wildman–Crippen LogP) is 2.88. The van der Waals surface area contributed by atoms with Crippen LogP contribution in [-0.2, 0) is 4.79 Å². The molecule has 1 atom stereocenters. The maximum absolute atomic E-state index is 13.0. The number of nitrogens with one attached hydrogen (secondary N) is 1. The van der Waals surface area contributed by atoms with Crippen molar-refractivity contribution in [3.63, 3.8) is 0 Å². The van der Waals surface area contributed by atoms with E-state index in [2.05, 4.69) is 5.32 Å². The van der Waals surface area contributed by atoms with Crippen molar-refractivity contribution in [2.24, 2.45) is 0 Å². The summed E-state index contributed by atoms with van der Waals surface area (Å²) < 4.78 is 13.0. The Morgan fingerprint density at radius 2 is 2.10 bits per heavy atom. The molecule has 1 N–H and O–H groups in total. The number of hydrogen-bond donors (Lipinski definition) is 1. The molecular formula is C16H23FN2O. The van der Waals surface area contributed by atoms with Gasteiger partial charge in [-0.15, -0.1) is 0 Å². The molecule has 4 heteroatoms. The number of benzene rings is 1. The molecule has 0 spiro atoms. The molecule has 110 valence electrons. The van der Waals surface area contributed by atoms with Gasteiger partial charge in [0, 0.05) is 13.0 Å². The van der Waals surface area contributed by atoms with Gasteiger partial charge in [-0.25, -0.2) is 4.39 Å². The van der Waals surface area contributed by atoms with Crippen molar-refractivity contribution >= 4 is 5.91 Å². The van der Waals surface area contributed by atoms with Crippen molar-refractivity contribution in [3.05, 3.63) is 35.6 Å². The van der Waals surface area contributed by atoms with Crippen LogP contribution in [0.2, 0.25) is 0 Å². The molecule has 0 aromatic heterocycles. The highest BCUT2D eigenvalue weighted by atomic mass is 19.1. The van der Waals surface area contributed by atoms with E-state index in [0.717, 1.165) is 44.3 Å². The van der Waals surface area contributed by atoms with Gasteiger partial charge in [-0.3, -0.25) is 4.79 Å². The van der Waals surface area contributed by atoms with E-state index < -0.39 is 0 Å². The summed E-state index contributed by atoms with van der Waals surface area (Å²) in [6.07, 6.45) is 4.61. The lowest BCUT2D eigenvalue weighted by molar-refractivity contribution is -0.135. The Morgan fingerprint density at radius 1 is 1.35 bits per heavy atom. The van der Waals surface area contributed by atoms with Crippen molar-refractivity contribution in [2.45, 2.75) is 38.1 Å². The van der Waals surface area contributed by atoms with Gasteiger partial charge in [0.1, 0.15) is 5.82 Å². The van der Waals surface area contributed by atoms with Gasteiger partial charge in [-0.1, -0.05) is 12.1 Å². The minimum atomic E-state index is -0.226. The Hall–Kier alpha value is -1.42. The van der Waals surface area contributed by atoms with Crippen LogP contribution >= 0.6 is 0 Å². The molecule has 1 aliphatic rings. The fourth-order valence-electron chi connectivity index (χ4n) is 2.82. The number of nitrogens with zero attached hydrogens (tertiary/aromatic N) is 1. The number of rotatable bonds is 5. The summed E-state index contributed by atoms with van der Waals surface area (Å²) in [6, 6.07) is 6.69. The van der Waals surface area contributed by atoms with Crippen LogP contribution in [0.15, 0.2) is 24.3 Å². The number of amides is 1. The van der Waals surface area contributed by atoms with E-state index in [1.165, 1.54) is 12.1 Å². The van der Waals surface area contributed by atoms with Crippen LogP contribution in [0.3, 0.4) is 0 Å². The van der Waals surface area contributed by atoms with E-state index >= 15 is 0 Å². The first-order valence-corrected chi connectivity index (χ1v) is 7.42. The summed E-state index contributed by atoms with van der Waals surface area (Å²) in [6.45, 7) is 1.68. The average Bonchev–Trinajstić information content (AvgIpc) is 2.48. The molecule has 1 aromatic rings. The smallest absolute Gasteiger partial charge is 0.223 e. The molecule has 0 aliphatic carbocycles. The summed E-state index contributed by atoms with van der Waals surface area (Å²) in [7, 11) is 1.90. The monoisotopic (exact) mass is 278 g/mol. The van der Waals surface area contributed by atoms with Gasteiger partial charge in [-0.2, -0.15) is 0 Å². The van der Waals surface area contributed by atoms with Crippen molar-refractivity contribution in [2.75, 3.05) is 20.1 Å². The van der Waals surface area contributed by atoms with E-state index in [1.807, 2.05) is 11.9 Å². The zero-order chi connectivity index (χ0) is 14.4. The zero-order valence-corrected chi connectivity index (χ0v) is 12.1. The summed E-state index contributed by atoms with van der Waals surface area (Å²) >= 11 is 0. The third-order valence-corrected chi connectivity index (χ3v) is 3.90. The topological polar surface area (TPSA) is 32.3 Å². The standard InChI is InChI=1S/C16H23FN2O/c1-18-11-4-6-16(20)19-12-3-2-5-15(19)13-7-9-14(17)10-8-13/h7-10,15,18H,2-6,11-12H2,1H3. The van der Waals surface area contributed by atoms with Gasteiger partial charge in [0.05, 0.1) is 6.04 Å². The maximum atomic E-state index is 13.0. The van der Waals surface area contributed by atoms with Crippen LogP contribution in [0.1, 0.15) is 43.7 Å². The largest absolute Gasteiger partial charge is 0.336 e. The van der Waals surface area contributed by atoms with Crippen molar-refractivity contribution in [3.8, 4) is 0 Å². The first kappa shape index (κ1) is 15.0. The number of likely N-dealkylation sites (tertiary alicyclic amines) is 1. The maximum Gasteiger partial charge on any atom is 0.223 e. The lowest BCUT2D eigenvalue weighted by Crippen LogP contribution is -2.38.